The first kappa shape index (κ1) is 14.3. The second-order valence-electron chi connectivity index (χ2n) is 5.22. The Morgan fingerprint density at radius 3 is 1.91 bits per heavy atom. The molecule has 0 unspecified atom stereocenters. The van der Waals surface area contributed by atoms with Gasteiger partial charge in [0.15, 0.2) is 0 Å². The minimum Gasteiger partial charge on any atom is -0.489 e. The zero-order chi connectivity index (χ0) is 15.2. The van der Waals surface area contributed by atoms with Gasteiger partial charge in [0.05, 0.1) is 0 Å². The molecule has 3 aromatic carbocycles. The van der Waals surface area contributed by atoms with Crippen molar-refractivity contribution in [2.24, 2.45) is 0 Å². The van der Waals surface area contributed by atoms with E-state index in [4.69, 9.17) is 4.74 Å². The van der Waals surface area contributed by atoms with E-state index in [0.29, 0.717) is 6.61 Å². The smallest absolute Gasteiger partial charge is 0.123 e. The average Bonchev–Trinajstić information content (AvgIpc) is 2.57. The molecule has 0 amide bonds. The molecule has 0 spiro atoms. The van der Waals surface area contributed by atoms with Gasteiger partial charge in [-0.3, -0.25) is 0 Å². The van der Waals surface area contributed by atoms with Gasteiger partial charge in [0.25, 0.3) is 0 Å². The van der Waals surface area contributed by atoms with Gasteiger partial charge in [-0.2, -0.15) is 0 Å². The van der Waals surface area contributed by atoms with Gasteiger partial charge in [-0.05, 0) is 47.4 Å². The van der Waals surface area contributed by atoms with Crippen LogP contribution in [-0.4, -0.2) is 0 Å². The average molecular weight is 292 g/mol. The topological polar surface area (TPSA) is 9.23 Å². The molecule has 0 heterocycles. The lowest BCUT2D eigenvalue weighted by Gasteiger charge is -2.08. The van der Waals surface area contributed by atoms with Crippen LogP contribution in [0.15, 0.2) is 78.9 Å². The number of ether oxygens (including phenoxy) is 1. The van der Waals surface area contributed by atoms with Crippen LogP contribution in [-0.2, 0) is 13.0 Å². The first-order chi connectivity index (χ1) is 10.8. The van der Waals surface area contributed by atoms with Gasteiger partial charge in [-0.15, -0.1) is 0 Å². The van der Waals surface area contributed by atoms with Gasteiger partial charge in [0, 0.05) is 0 Å². The summed E-state index contributed by atoms with van der Waals surface area (Å²) in [6.07, 6.45) is 0.916. The third-order valence-electron chi connectivity index (χ3n) is 3.49. The molecule has 0 saturated heterocycles. The molecule has 0 aromatic heterocycles. The van der Waals surface area contributed by atoms with Crippen molar-refractivity contribution in [3.8, 4) is 5.75 Å². The molecular weight excluding hydrogens is 275 g/mol. The number of rotatable bonds is 5. The third kappa shape index (κ3) is 3.95. The lowest BCUT2D eigenvalue weighted by Crippen LogP contribution is -1.96. The number of hydrogen-bond donors (Lipinski definition) is 0. The fourth-order valence-electron chi connectivity index (χ4n) is 2.28. The maximum absolute atomic E-state index is 12.8. The van der Waals surface area contributed by atoms with Crippen LogP contribution in [0.5, 0.6) is 5.75 Å². The van der Waals surface area contributed by atoms with E-state index in [2.05, 4.69) is 36.4 Å². The summed E-state index contributed by atoms with van der Waals surface area (Å²) in [5.41, 5.74) is 3.50. The Balaban J connectivity index is 1.58. The van der Waals surface area contributed by atoms with E-state index in [9.17, 15) is 4.39 Å². The van der Waals surface area contributed by atoms with Crippen LogP contribution in [0.1, 0.15) is 16.7 Å². The summed E-state index contributed by atoms with van der Waals surface area (Å²) >= 11 is 0. The SMILES string of the molecule is Fc1ccc(COc2ccc(Cc3ccccc3)cc2)cc1. The molecule has 0 aliphatic heterocycles. The summed E-state index contributed by atoms with van der Waals surface area (Å²) in [5, 5.41) is 0. The Labute approximate surface area is 130 Å². The highest BCUT2D eigenvalue weighted by molar-refractivity contribution is 5.31. The zero-order valence-corrected chi connectivity index (χ0v) is 12.2. The standard InChI is InChI=1S/C20H17FO/c21-19-10-6-18(7-11-19)15-22-20-12-8-17(9-13-20)14-16-4-2-1-3-5-16/h1-13H,14-15H2. The predicted molar refractivity (Wildman–Crippen MR) is 86.4 cm³/mol. The van der Waals surface area contributed by atoms with E-state index in [1.54, 1.807) is 12.1 Å². The maximum Gasteiger partial charge on any atom is 0.123 e. The van der Waals surface area contributed by atoms with Crippen molar-refractivity contribution in [1.82, 2.24) is 0 Å². The summed E-state index contributed by atoms with van der Waals surface area (Å²) in [5.74, 6) is 0.593. The van der Waals surface area contributed by atoms with Gasteiger partial charge in [0.2, 0.25) is 0 Å². The molecule has 3 aromatic rings. The summed E-state index contributed by atoms with van der Waals surface area (Å²) in [6, 6.07) is 24.8. The first-order valence-electron chi connectivity index (χ1n) is 7.30. The van der Waals surface area contributed by atoms with Crippen molar-refractivity contribution < 1.29 is 9.13 Å². The normalized spacial score (nSPS) is 10.4. The quantitative estimate of drug-likeness (QED) is 0.643. The van der Waals surface area contributed by atoms with Crippen molar-refractivity contribution in [3.05, 3.63) is 101 Å². The number of halogens is 1. The van der Waals surface area contributed by atoms with Gasteiger partial charge >= 0.3 is 0 Å². The molecule has 0 radical (unpaired) electrons. The Kier molecular flexibility index (Phi) is 4.50. The van der Waals surface area contributed by atoms with E-state index in [-0.39, 0.29) is 5.82 Å². The Hall–Kier alpha value is -2.61. The number of benzene rings is 3. The highest BCUT2D eigenvalue weighted by Gasteiger charge is 1.99. The minimum absolute atomic E-state index is 0.228. The van der Waals surface area contributed by atoms with Crippen LogP contribution >= 0.6 is 0 Å². The van der Waals surface area contributed by atoms with Crippen LogP contribution < -0.4 is 4.74 Å². The molecule has 22 heavy (non-hydrogen) atoms. The highest BCUT2D eigenvalue weighted by Crippen LogP contribution is 2.16. The fourth-order valence-corrected chi connectivity index (χ4v) is 2.28. The molecule has 110 valence electrons. The Bertz CT molecular complexity index is 703. The molecule has 1 nitrogen and oxygen atoms in total. The molecule has 0 aliphatic rings. The predicted octanol–water partition coefficient (Wildman–Crippen LogP) is 5.00. The van der Waals surface area contributed by atoms with Crippen LogP contribution in [0.3, 0.4) is 0 Å². The summed E-state index contributed by atoms with van der Waals surface area (Å²) in [4.78, 5) is 0. The molecule has 0 aliphatic carbocycles. The van der Waals surface area contributed by atoms with E-state index in [1.165, 1.54) is 23.3 Å². The highest BCUT2D eigenvalue weighted by atomic mass is 19.1. The van der Waals surface area contributed by atoms with E-state index in [0.717, 1.165) is 17.7 Å². The van der Waals surface area contributed by atoms with Gasteiger partial charge < -0.3 is 4.74 Å². The van der Waals surface area contributed by atoms with Crippen molar-refractivity contribution >= 4 is 0 Å². The molecular formula is C20H17FO. The second-order valence-corrected chi connectivity index (χ2v) is 5.22. The monoisotopic (exact) mass is 292 g/mol. The van der Waals surface area contributed by atoms with Crippen LogP contribution in [0.4, 0.5) is 4.39 Å². The van der Waals surface area contributed by atoms with Crippen LogP contribution in [0.25, 0.3) is 0 Å². The molecule has 0 fully saturated rings. The second kappa shape index (κ2) is 6.90. The van der Waals surface area contributed by atoms with E-state index >= 15 is 0 Å². The lowest BCUT2D eigenvalue weighted by atomic mass is 10.1. The molecule has 0 bridgehead atoms. The van der Waals surface area contributed by atoms with Gasteiger partial charge in [-0.1, -0.05) is 54.6 Å². The minimum atomic E-state index is -0.228. The molecule has 2 heteroatoms. The van der Waals surface area contributed by atoms with Crippen molar-refractivity contribution in [2.75, 3.05) is 0 Å². The van der Waals surface area contributed by atoms with Crippen molar-refractivity contribution in [3.63, 3.8) is 0 Å². The van der Waals surface area contributed by atoms with Crippen LogP contribution in [0, 0.1) is 5.82 Å². The third-order valence-corrected chi connectivity index (χ3v) is 3.49. The molecule has 0 N–H and O–H groups in total. The van der Waals surface area contributed by atoms with Gasteiger partial charge in [-0.25, -0.2) is 4.39 Å². The number of hydrogen-bond acceptors (Lipinski definition) is 1. The van der Waals surface area contributed by atoms with Crippen LogP contribution in [0.2, 0.25) is 0 Å². The van der Waals surface area contributed by atoms with Crippen molar-refractivity contribution in [1.29, 1.82) is 0 Å². The van der Waals surface area contributed by atoms with E-state index in [1.807, 2.05) is 18.2 Å². The molecule has 0 saturated carbocycles. The molecule has 0 atom stereocenters. The van der Waals surface area contributed by atoms with Crippen molar-refractivity contribution in [2.45, 2.75) is 13.0 Å². The largest absolute Gasteiger partial charge is 0.489 e. The zero-order valence-electron chi connectivity index (χ0n) is 12.2. The molecule has 3 rings (SSSR count). The fraction of sp³-hybridized carbons (Fsp3) is 0.100. The summed E-state index contributed by atoms with van der Waals surface area (Å²) in [6.45, 7) is 0.443. The van der Waals surface area contributed by atoms with Gasteiger partial charge in [0.1, 0.15) is 18.2 Å². The Morgan fingerprint density at radius 1 is 0.636 bits per heavy atom. The summed E-state index contributed by atoms with van der Waals surface area (Å²) < 4.78 is 18.5. The maximum atomic E-state index is 12.8. The lowest BCUT2D eigenvalue weighted by molar-refractivity contribution is 0.306. The van der Waals surface area contributed by atoms with E-state index < -0.39 is 0 Å². The summed E-state index contributed by atoms with van der Waals surface area (Å²) in [7, 11) is 0. The first-order valence-corrected chi connectivity index (χ1v) is 7.30. The Morgan fingerprint density at radius 2 is 1.23 bits per heavy atom.